The molecule has 0 fully saturated rings. The Bertz CT molecular complexity index is 1100. The Morgan fingerprint density at radius 2 is 1.52 bits per heavy atom. The first-order chi connectivity index (χ1) is 14.9. The van der Waals surface area contributed by atoms with Gasteiger partial charge in [0.1, 0.15) is 18.1 Å². The van der Waals surface area contributed by atoms with Crippen molar-refractivity contribution >= 4 is 21.6 Å². The Morgan fingerprint density at radius 3 is 2.13 bits per heavy atom. The Morgan fingerprint density at radius 1 is 0.903 bits per heavy atom. The normalized spacial score (nSPS) is 10.9. The molecule has 0 saturated carbocycles. The van der Waals surface area contributed by atoms with E-state index in [1.807, 2.05) is 0 Å². The van der Waals surface area contributed by atoms with Gasteiger partial charge in [0, 0.05) is 12.6 Å². The molecule has 0 radical (unpaired) electrons. The number of anilines is 1. The standard InChI is InChI=1S/C23H24N2O5S/c1-25(31(27,28)22-6-4-3-5-7-22)19-10-8-18(9-11-19)23(26)24-16-17-30-21-14-12-20(29-2)13-15-21/h3-15H,16-17H2,1-2H3,(H,24,26). The van der Waals surface area contributed by atoms with Crippen LogP contribution in [0.25, 0.3) is 0 Å². The number of benzene rings is 3. The van der Waals surface area contributed by atoms with E-state index in [0.717, 1.165) is 5.75 Å². The van der Waals surface area contributed by atoms with Gasteiger partial charge in [-0.25, -0.2) is 8.42 Å². The van der Waals surface area contributed by atoms with Gasteiger partial charge in [0.15, 0.2) is 0 Å². The van der Waals surface area contributed by atoms with Crippen LogP contribution in [-0.4, -0.2) is 41.6 Å². The summed E-state index contributed by atoms with van der Waals surface area (Å²) in [5.74, 6) is 1.16. The van der Waals surface area contributed by atoms with Crippen LogP contribution in [0.3, 0.4) is 0 Å². The number of hydrogen-bond acceptors (Lipinski definition) is 5. The minimum Gasteiger partial charge on any atom is -0.497 e. The average molecular weight is 441 g/mol. The van der Waals surface area contributed by atoms with Gasteiger partial charge in [-0.3, -0.25) is 9.10 Å². The predicted molar refractivity (Wildman–Crippen MR) is 119 cm³/mol. The maximum Gasteiger partial charge on any atom is 0.264 e. The molecule has 0 spiro atoms. The molecule has 0 aliphatic carbocycles. The minimum absolute atomic E-state index is 0.205. The smallest absolute Gasteiger partial charge is 0.264 e. The summed E-state index contributed by atoms with van der Waals surface area (Å²) in [7, 11) is -0.590. The molecular weight excluding hydrogens is 416 g/mol. The van der Waals surface area contributed by atoms with Crippen molar-refractivity contribution in [1.29, 1.82) is 0 Å². The van der Waals surface area contributed by atoms with Crippen LogP contribution in [0.5, 0.6) is 11.5 Å². The van der Waals surface area contributed by atoms with E-state index in [0.29, 0.717) is 30.2 Å². The summed E-state index contributed by atoms with van der Waals surface area (Å²) in [6.07, 6.45) is 0. The number of methoxy groups -OCH3 is 1. The Kier molecular flexibility index (Phi) is 7.15. The molecule has 31 heavy (non-hydrogen) atoms. The number of sulfonamides is 1. The van der Waals surface area contributed by atoms with Crippen molar-refractivity contribution in [2.24, 2.45) is 0 Å². The van der Waals surface area contributed by atoms with E-state index < -0.39 is 10.0 Å². The molecule has 0 bridgehead atoms. The van der Waals surface area contributed by atoms with Crippen LogP contribution in [0.15, 0.2) is 83.8 Å². The van der Waals surface area contributed by atoms with Crippen molar-refractivity contribution in [3.8, 4) is 11.5 Å². The van der Waals surface area contributed by atoms with Crippen LogP contribution in [0.1, 0.15) is 10.4 Å². The zero-order chi connectivity index (χ0) is 22.3. The van der Waals surface area contributed by atoms with Gasteiger partial charge in [-0.1, -0.05) is 18.2 Å². The number of amides is 1. The highest BCUT2D eigenvalue weighted by Crippen LogP contribution is 2.22. The van der Waals surface area contributed by atoms with Gasteiger partial charge in [-0.05, 0) is 60.7 Å². The number of carbonyl (C=O) groups excluding carboxylic acids is 1. The van der Waals surface area contributed by atoms with Gasteiger partial charge in [0.2, 0.25) is 0 Å². The first kappa shape index (κ1) is 22.2. The molecule has 0 atom stereocenters. The van der Waals surface area contributed by atoms with Crippen LogP contribution in [-0.2, 0) is 10.0 Å². The van der Waals surface area contributed by atoms with Crippen LogP contribution in [0.4, 0.5) is 5.69 Å². The summed E-state index contributed by atoms with van der Waals surface area (Å²) in [4.78, 5) is 12.5. The fourth-order valence-corrected chi connectivity index (χ4v) is 4.04. The first-order valence-electron chi connectivity index (χ1n) is 9.61. The van der Waals surface area contributed by atoms with Gasteiger partial charge >= 0.3 is 0 Å². The highest BCUT2D eigenvalue weighted by Gasteiger charge is 2.21. The summed E-state index contributed by atoms with van der Waals surface area (Å²) in [5, 5.41) is 2.78. The molecule has 7 nitrogen and oxygen atoms in total. The van der Waals surface area contributed by atoms with Crippen molar-refractivity contribution < 1.29 is 22.7 Å². The zero-order valence-corrected chi connectivity index (χ0v) is 18.1. The fourth-order valence-electron chi connectivity index (χ4n) is 2.82. The summed E-state index contributed by atoms with van der Waals surface area (Å²) in [5.41, 5.74) is 0.891. The van der Waals surface area contributed by atoms with Gasteiger partial charge in [-0.15, -0.1) is 0 Å². The molecule has 3 aromatic carbocycles. The van der Waals surface area contributed by atoms with Crippen LogP contribution >= 0.6 is 0 Å². The molecule has 0 unspecified atom stereocenters. The van der Waals surface area contributed by atoms with Crippen LogP contribution in [0, 0.1) is 0 Å². The van der Waals surface area contributed by atoms with E-state index in [1.54, 1.807) is 86.0 Å². The van der Waals surface area contributed by atoms with Crippen molar-refractivity contribution in [2.75, 3.05) is 31.6 Å². The Labute approximate surface area is 182 Å². The Hall–Kier alpha value is -3.52. The molecule has 1 N–H and O–H groups in total. The van der Waals surface area contributed by atoms with Crippen molar-refractivity contribution in [2.45, 2.75) is 4.90 Å². The molecule has 0 aliphatic heterocycles. The number of ether oxygens (including phenoxy) is 2. The zero-order valence-electron chi connectivity index (χ0n) is 17.3. The monoisotopic (exact) mass is 440 g/mol. The largest absolute Gasteiger partial charge is 0.497 e. The lowest BCUT2D eigenvalue weighted by Crippen LogP contribution is -2.28. The Balaban J connectivity index is 1.53. The molecule has 1 amide bonds. The van der Waals surface area contributed by atoms with E-state index in [-0.39, 0.29) is 10.8 Å². The molecule has 162 valence electrons. The van der Waals surface area contributed by atoms with Crippen molar-refractivity contribution in [1.82, 2.24) is 5.32 Å². The highest BCUT2D eigenvalue weighted by atomic mass is 32.2. The van der Waals surface area contributed by atoms with E-state index in [4.69, 9.17) is 9.47 Å². The van der Waals surface area contributed by atoms with Gasteiger partial charge < -0.3 is 14.8 Å². The second kappa shape index (κ2) is 9.99. The maximum atomic E-state index is 12.7. The van der Waals surface area contributed by atoms with E-state index in [2.05, 4.69) is 5.32 Å². The third-order valence-electron chi connectivity index (χ3n) is 4.61. The SMILES string of the molecule is COc1ccc(OCCNC(=O)c2ccc(N(C)S(=O)(=O)c3ccccc3)cc2)cc1. The first-order valence-corrected chi connectivity index (χ1v) is 11.0. The number of nitrogens with one attached hydrogen (secondary N) is 1. The molecule has 3 rings (SSSR count). The number of nitrogens with zero attached hydrogens (tertiary/aromatic N) is 1. The third-order valence-corrected chi connectivity index (χ3v) is 6.41. The van der Waals surface area contributed by atoms with E-state index in [1.165, 1.54) is 11.4 Å². The molecular formula is C23H24N2O5S. The third kappa shape index (κ3) is 5.55. The second-order valence-electron chi connectivity index (χ2n) is 6.61. The second-order valence-corrected chi connectivity index (χ2v) is 8.58. The maximum absolute atomic E-state index is 12.7. The molecule has 0 heterocycles. The van der Waals surface area contributed by atoms with Gasteiger partial charge in [0.25, 0.3) is 15.9 Å². The molecule has 3 aromatic rings. The summed E-state index contributed by atoms with van der Waals surface area (Å²) in [6.45, 7) is 0.642. The highest BCUT2D eigenvalue weighted by molar-refractivity contribution is 7.92. The molecule has 8 heteroatoms. The predicted octanol–water partition coefficient (Wildman–Crippen LogP) is 3.33. The van der Waals surface area contributed by atoms with E-state index >= 15 is 0 Å². The lowest BCUT2D eigenvalue weighted by Gasteiger charge is -2.19. The number of carbonyl (C=O) groups is 1. The number of hydrogen-bond donors (Lipinski definition) is 1. The van der Waals surface area contributed by atoms with Crippen molar-refractivity contribution in [3.63, 3.8) is 0 Å². The summed E-state index contributed by atoms with van der Waals surface area (Å²) >= 11 is 0. The topological polar surface area (TPSA) is 84.9 Å². The van der Waals surface area contributed by atoms with Crippen LogP contribution < -0.4 is 19.1 Å². The summed E-state index contributed by atoms with van der Waals surface area (Å²) < 4.78 is 37.3. The molecule has 0 aliphatic rings. The van der Waals surface area contributed by atoms with E-state index in [9.17, 15) is 13.2 Å². The summed E-state index contributed by atoms with van der Waals surface area (Å²) in [6, 6.07) is 21.7. The average Bonchev–Trinajstić information content (AvgIpc) is 2.82. The van der Waals surface area contributed by atoms with Gasteiger partial charge in [-0.2, -0.15) is 0 Å². The molecule has 0 aromatic heterocycles. The van der Waals surface area contributed by atoms with Crippen LogP contribution in [0.2, 0.25) is 0 Å². The minimum atomic E-state index is -3.67. The molecule has 0 saturated heterocycles. The lowest BCUT2D eigenvalue weighted by molar-refractivity contribution is 0.0947. The fraction of sp³-hybridized carbons (Fsp3) is 0.174. The van der Waals surface area contributed by atoms with Gasteiger partial charge in [0.05, 0.1) is 24.2 Å². The lowest BCUT2D eigenvalue weighted by atomic mass is 10.2. The van der Waals surface area contributed by atoms with Crippen molar-refractivity contribution in [3.05, 3.63) is 84.4 Å². The quantitative estimate of drug-likeness (QED) is 0.516. The number of rotatable bonds is 9.